The fourth-order valence-corrected chi connectivity index (χ4v) is 3.51. The number of nitrogens with zero attached hydrogens (tertiary/aromatic N) is 1. The summed E-state index contributed by atoms with van der Waals surface area (Å²) in [6.45, 7) is 0.438. The molecule has 0 unspecified atom stereocenters. The first-order valence-corrected chi connectivity index (χ1v) is 7.91. The molecule has 2 heterocycles. The highest BCUT2D eigenvalue weighted by Crippen LogP contribution is 2.36. The minimum absolute atomic E-state index is 0.123. The number of aromatic nitrogens is 1. The Morgan fingerprint density at radius 2 is 1.75 bits per heavy atom. The number of nitrogens with two attached hydrogens (primary N) is 1. The number of carbonyl (C=O) groups excluding carboxylic acids is 2. The van der Waals surface area contributed by atoms with Crippen LogP contribution in [0.2, 0.25) is 0 Å². The van der Waals surface area contributed by atoms with E-state index in [9.17, 15) is 9.59 Å². The number of amides is 2. The first-order valence-electron chi connectivity index (χ1n) is 7.91. The minimum atomic E-state index is -0.707. The molecule has 120 valence electrons. The summed E-state index contributed by atoms with van der Waals surface area (Å²) in [5.74, 6) is -0.123. The number of rotatable bonds is 2. The monoisotopic (exact) mass is 319 g/mol. The molecule has 2 aromatic carbocycles. The molecule has 1 atom stereocenters. The van der Waals surface area contributed by atoms with Gasteiger partial charge < -0.3 is 15.6 Å². The third-order valence-electron chi connectivity index (χ3n) is 4.62. The molecular weight excluding hydrogens is 302 g/mol. The lowest BCUT2D eigenvalue weighted by Crippen LogP contribution is -2.46. The smallest absolute Gasteiger partial charge is 0.315 e. The van der Waals surface area contributed by atoms with Crippen LogP contribution in [0.4, 0.5) is 4.79 Å². The SMILES string of the molecule is NC(=O)N1CCc2c([nH]c3ccccc23)[C@H]1C(=O)c1ccccc1. The van der Waals surface area contributed by atoms with Crippen LogP contribution in [-0.2, 0) is 6.42 Å². The fourth-order valence-electron chi connectivity index (χ4n) is 3.51. The van der Waals surface area contributed by atoms with E-state index in [-0.39, 0.29) is 5.78 Å². The molecule has 4 rings (SSSR count). The van der Waals surface area contributed by atoms with E-state index in [1.54, 1.807) is 12.1 Å². The number of benzene rings is 2. The molecule has 0 bridgehead atoms. The lowest BCUT2D eigenvalue weighted by Gasteiger charge is -2.33. The summed E-state index contributed by atoms with van der Waals surface area (Å²) in [5, 5.41) is 1.10. The molecule has 0 spiro atoms. The predicted molar refractivity (Wildman–Crippen MR) is 91.8 cm³/mol. The van der Waals surface area contributed by atoms with E-state index in [0.29, 0.717) is 18.5 Å². The third-order valence-corrected chi connectivity index (χ3v) is 4.62. The van der Waals surface area contributed by atoms with Gasteiger partial charge in [-0.1, -0.05) is 48.5 Å². The Hall–Kier alpha value is -3.08. The zero-order valence-corrected chi connectivity index (χ0v) is 13.0. The molecule has 1 aliphatic rings. The second kappa shape index (κ2) is 5.53. The van der Waals surface area contributed by atoms with Gasteiger partial charge in [-0.2, -0.15) is 0 Å². The molecule has 0 fully saturated rings. The number of hydrogen-bond donors (Lipinski definition) is 2. The highest BCUT2D eigenvalue weighted by atomic mass is 16.2. The van der Waals surface area contributed by atoms with Crippen LogP contribution in [0.25, 0.3) is 10.9 Å². The van der Waals surface area contributed by atoms with Crippen molar-refractivity contribution < 1.29 is 9.59 Å². The van der Waals surface area contributed by atoms with Crippen LogP contribution < -0.4 is 5.73 Å². The van der Waals surface area contributed by atoms with Crippen LogP contribution in [0.3, 0.4) is 0 Å². The highest BCUT2D eigenvalue weighted by molar-refractivity contribution is 6.03. The first-order chi connectivity index (χ1) is 11.7. The largest absolute Gasteiger partial charge is 0.356 e. The molecule has 24 heavy (non-hydrogen) atoms. The van der Waals surface area contributed by atoms with E-state index in [0.717, 1.165) is 22.2 Å². The van der Waals surface area contributed by atoms with Gasteiger partial charge in [-0.3, -0.25) is 4.79 Å². The standard InChI is InChI=1S/C19H17N3O2/c20-19(24)22-11-10-14-13-8-4-5-9-15(13)21-16(14)17(22)18(23)12-6-2-1-3-7-12/h1-9,17,21H,10-11H2,(H2,20,24)/t17-/m0/s1. The van der Waals surface area contributed by atoms with Gasteiger partial charge in [0.15, 0.2) is 5.78 Å². The van der Waals surface area contributed by atoms with Crippen LogP contribution in [0.15, 0.2) is 54.6 Å². The minimum Gasteiger partial charge on any atom is -0.356 e. The Kier molecular flexibility index (Phi) is 3.34. The van der Waals surface area contributed by atoms with Gasteiger partial charge in [-0.25, -0.2) is 4.79 Å². The molecule has 2 amide bonds. The van der Waals surface area contributed by atoms with Crippen LogP contribution in [0, 0.1) is 0 Å². The number of aromatic amines is 1. The zero-order chi connectivity index (χ0) is 16.7. The average Bonchev–Trinajstić information content (AvgIpc) is 2.99. The number of primary amides is 1. The van der Waals surface area contributed by atoms with Crippen molar-refractivity contribution in [3.05, 3.63) is 71.4 Å². The lowest BCUT2D eigenvalue weighted by atomic mass is 9.92. The second-order valence-electron chi connectivity index (χ2n) is 5.98. The number of nitrogens with one attached hydrogen (secondary N) is 1. The Balaban J connectivity index is 1.89. The summed E-state index contributed by atoms with van der Waals surface area (Å²) in [6.07, 6.45) is 0.681. The maximum absolute atomic E-state index is 13.1. The molecule has 3 aromatic rings. The predicted octanol–water partition coefficient (Wildman–Crippen LogP) is 3.03. The van der Waals surface area contributed by atoms with E-state index in [4.69, 9.17) is 5.73 Å². The Morgan fingerprint density at radius 3 is 2.50 bits per heavy atom. The highest BCUT2D eigenvalue weighted by Gasteiger charge is 2.37. The second-order valence-corrected chi connectivity index (χ2v) is 5.98. The summed E-state index contributed by atoms with van der Waals surface area (Å²) in [5.41, 5.74) is 8.96. The molecule has 1 aromatic heterocycles. The molecule has 5 nitrogen and oxygen atoms in total. The molecule has 0 radical (unpaired) electrons. The number of ketones is 1. The van der Waals surface area contributed by atoms with E-state index >= 15 is 0 Å². The summed E-state index contributed by atoms with van der Waals surface area (Å²) in [7, 11) is 0. The van der Waals surface area contributed by atoms with Crippen LogP contribution in [0.1, 0.15) is 27.7 Å². The number of H-pyrrole nitrogens is 1. The molecule has 0 saturated heterocycles. The maximum Gasteiger partial charge on any atom is 0.315 e. The summed E-state index contributed by atoms with van der Waals surface area (Å²) in [4.78, 5) is 29.8. The molecule has 0 aliphatic carbocycles. The van der Waals surface area contributed by atoms with Gasteiger partial charge >= 0.3 is 6.03 Å². The van der Waals surface area contributed by atoms with Gasteiger partial charge in [0.05, 0.1) is 5.69 Å². The van der Waals surface area contributed by atoms with Gasteiger partial charge in [0, 0.05) is 23.0 Å². The Morgan fingerprint density at radius 1 is 1.04 bits per heavy atom. The zero-order valence-electron chi connectivity index (χ0n) is 13.0. The number of Topliss-reactive ketones (excluding diaryl/α,β-unsaturated/α-hetero) is 1. The Labute approximate surface area is 139 Å². The van der Waals surface area contributed by atoms with Crippen molar-refractivity contribution in [1.29, 1.82) is 0 Å². The van der Waals surface area contributed by atoms with Crippen molar-refractivity contribution in [3.63, 3.8) is 0 Å². The summed E-state index contributed by atoms with van der Waals surface area (Å²) < 4.78 is 0. The van der Waals surface area contributed by atoms with E-state index in [2.05, 4.69) is 4.98 Å². The molecule has 1 aliphatic heterocycles. The number of hydrogen-bond acceptors (Lipinski definition) is 2. The number of carbonyl (C=O) groups is 2. The maximum atomic E-state index is 13.1. The molecule has 5 heteroatoms. The van der Waals surface area contributed by atoms with E-state index < -0.39 is 12.1 Å². The first kappa shape index (κ1) is 14.5. The molecule has 0 saturated carbocycles. The van der Waals surface area contributed by atoms with E-state index in [1.165, 1.54) is 4.90 Å². The summed E-state index contributed by atoms with van der Waals surface area (Å²) >= 11 is 0. The van der Waals surface area contributed by atoms with Crippen molar-refractivity contribution in [2.24, 2.45) is 5.73 Å². The van der Waals surface area contributed by atoms with Crippen molar-refractivity contribution in [2.45, 2.75) is 12.5 Å². The summed E-state index contributed by atoms with van der Waals surface area (Å²) in [6, 6.07) is 15.7. The Bertz CT molecular complexity index is 930. The lowest BCUT2D eigenvalue weighted by molar-refractivity contribution is 0.0839. The van der Waals surface area contributed by atoms with Gasteiger partial charge in [0.1, 0.15) is 6.04 Å². The van der Waals surface area contributed by atoms with Crippen molar-refractivity contribution in [1.82, 2.24) is 9.88 Å². The van der Waals surface area contributed by atoms with Crippen molar-refractivity contribution >= 4 is 22.7 Å². The van der Waals surface area contributed by atoms with Crippen LogP contribution >= 0.6 is 0 Å². The van der Waals surface area contributed by atoms with Crippen LogP contribution in [0.5, 0.6) is 0 Å². The quantitative estimate of drug-likeness (QED) is 0.712. The molecule has 3 N–H and O–H groups in total. The van der Waals surface area contributed by atoms with Gasteiger partial charge in [-0.15, -0.1) is 0 Å². The number of fused-ring (bicyclic) bond motifs is 3. The van der Waals surface area contributed by atoms with E-state index in [1.807, 2.05) is 42.5 Å². The normalized spacial score (nSPS) is 16.8. The fraction of sp³-hybridized carbons (Fsp3) is 0.158. The van der Waals surface area contributed by atoms with Gasteiger partial charge in [0.2, 0.25) is 0 Å². The van der Waals surface area contributed by atoms with Crippen molar-refractivity contribution in [2.75, 3.05) is 6.54 Å². The number of para-hydroxylation sites is 1. The van der Waals surface area contributed by atoms with Crippen molar-refractivity contribution in [3.8, 4) is 0 Å². The van der Waals surface area contributed by atoms with Gasteiger partial charge in [-0.05, 0) is 18.1 Å². The third kappa shape index (κ3) is 2.17. The number of urea groups is 1. The average molecular weight is 319 g/mol. The molecular formula is C19H17N3O2. The topological polar surface area (TPSA) is 79.2 Å². The van der Waals surface area contributed by atoms with Crippen LogP contribution in [-0.4, -0.2) is 28.2 Å². The van der Waals surface area contributed by atoms with Gasteiger partial charge in [0.25, 0.3) is 0 Å².